The van der Waals surface area contributed by atoms with E-state index in [0.717, 1.165) is 13.2 Å². The Hall–Kier alpha value is -0.900. The molecule has 0 spiro atoms. The van der Waals surface area contributed by atoms with E-state index in [0.29, 0.717) is 18.2 Å². The maximum atomic E-state index is 5.65. The quantitative estimate of drug-likeness (QED) is 0.871. The van der Waals surface area contributed by atoms with E-state index in [9.17, 15) is 0 Å². The van der Waals surface area contributed by atoms with Crippen molar-refractivity contribution in [2.24, 2.45) is 0 Å². The summed E-state index contributed by atoms with van der Waals surface area (Å²) in [6.45, 7) is 6.45. The van der Waals surface area contributed by atoms with Crippen molar-refractivity contribution in [3.8, 4) is 0 Å². The summed E-state index contributed by atoms with van der Waals surface area (Å²) >= 11 is 0. The first-order chi connectivity index (χ1) is 10.3. The van der Waals surface area contributed by atoms with Crippen LogP contribution in [0.5, 0.6) is 0 Å². The summed E-state index contributed by atoms with van der Waals surface area (Å²) in [5.74, 6) is 0. The minimum Gasteiger partial charge on any atom is -0.378 e. The van der Waals surface area contributed by atoms with E-state index in [4.69, 9.17) is 4.74 Å². The van der Waals surface area contributed by atoms with Crippen LogP contribution in [0.1, 0.15) is 38.2 Å². The smallest absolute Gasteiger partial charge is 0.0604 e. The number of benzene rings is 1. The first kappa shape index (κ1) is 15.0. The first-order valence-corrected chi connectivity index (χ1v) is 8.47. The number of hydrogen-bond donors (Lipinski definition) is 1. The number of rotatable bonds is 6. The van der Waals surface area contributed by atoms with Crippen molar-refractivity contribution < 1.29 is 4.74 Å². The van der Waals surface area contributed by atoms with Crippen LogP contribution in [0.3, 0.4) is 0 Å². The normalized spacial score (nSPS) is 30.0. The van der Waals surface area contributed by atoms with Crippen LogP contribution in [0.15, 0.2) is 30.3 Å². The van der Waals surface area contributed by atoms with Crippen LogP contribution in [0.25, 0.3) is 0 Å². The van der Waals surface area contributed by atoms with Crippen LogP contribution in [0.2, 0.25) is 0 Å². The molecular weight excluding hydrogens is 260 g/mol. The molecule has 1 saturated carbocycles. The van der Waals surface area contributed by atoms with Crippen LogP contribution in [-0.2, 0) is 11.3 Å². The van der Waals surface area contributed by atoms with E-state index in [-0.39, 0.29) is 0 Å². The number of likely N-dealkylation sites (tertiary alicyclic amines) is 1. The van der Waals surface area contributed by atoms with Gasteiger partial charge in [0.1, 0.15) is 0 Å². The molecule has 1 aromatic rings. The second-order valence-electron chi connectivity index (χ2n) is 6.47. The highest BCUT2D eigenvalue weighted by molar-refractivity contribution is 5.14. The Morgan fingerprint density at radius 2 is 2.00 bits per heavy atom. The van der Waals surface area contributed by atoms with Crippen molar-refractivity contribution in [1.29, 1.82) is 0 Å². The minimum atomic E-state index is 0.511. The molecule has 1 aliphatic heterocycles. The molecule has 1 atom stereocenters. The molecule has 1 N–H and O–H groups in total. The average molecular weight is 288 g/mol. The molecule has 2 aliphatic rings. The third-order valence-corrected chi connectivity index (χ3v) is 4.72. The molecule has 1 heterocycles. The summed E-state index contributed by atoms with van der Waals surface area (Å²) in [7, 11) is 0. The molecule has 3 nitrogen and oxygen atoms in total. The topological polar surface area (TPSA) is 24.5 Å². The molecule has 0 bridgehead atoms. The fourth-order valence-electron chi connectivity index (χ4n) is 3.58. The van der Waals surface area contributed by atoms with Gasteiger partial charge in [0.15, 0.2) is 0 Å². The van der Waals surface area contributed by atoms with E-state index in [1.54, 1.807) is 0 Å². The van der Waals surface area contributed by atoms with Gasteiger partial charge in [-0.15, -0.1) is 0 Å². The maximum absolute atomic E-state index is 5.65. The summed E-state index contributed by atoms with van der Waals surface area (Å²) in [5.41, 5.74) is 1.43. The van der Waals surface area contributed by atoms with E-state index in [1.165, 1.54) is 44.3 Å². The molecule has 21 heavy (non-hydrogen) atoms. The van der Waals surface area contributed by atoms with Gasteiger partial charge < -0.3 is 10.1 Å². The lowest BCUT2D eigenvalue weighted by Gasteiger charge is -2.41. The van der Waals surface area contributed by atoms with Crippen LogP contribution < -0.4 is 5.32 Å². The number of nitrogens with one attached hydrogen (secondary N) is 1. The van der Waals surface area contributed by atoms with Crippen LogP contribution in [-0.4, -0.2) is 42.8 Å². The summed E-state index contributed by atoms with van der Waals surface area (Å²) in [5, 5.41) is 3.84. The molecule has 116 valence electrons. The summed E-state index contributed by atoms with van der Waals surface area (Å²) in [6.07, 6.45) is 5.54. The van der Waals surface area contributed by atoms with Gasteiger partial charge in [-0.2, -0.15) is 0 Å². The van der Waals surface area contributed by atoms with Crippen molar-refractivity contribution in [1.82, 2.24) is 10.2 Å². The highest BCUT2D eigenvalue weighted by Crippen LogP contribution is 2.25. The fraction of sp³-hybridized carbons (Fsp3) is 0.667. The molecule has 1 aromatic carbocycles. The Morgan fingerprint density at radius 1 is 1.19 bits per heavy atom. The van der Waals surface area contributed by atoms with Crippen LogP contribution in [0, 0.1) is 0 Å². The lowest BCUT2D eigenvalue weighted by atomic mass is 9.88. The van der Waals surface area contributed by atoms with Gasteiger partial charge in [0.2, 0.25) is 0 Å². The van der Waals surface area contributed by atoms with Crippen molar-refractivity contribution in [2.75, 3.05) is 19.7 Å². The van der Waals surface area contributed by atoms with Crippen molar-refractivity contribution in [2.45, 2.75) is 57.3 Å². The number of ether oxygens (including phenoxy) is 1. The molecule has 3 heteroatoms. The monoisotopic (exact) mass is 288 g/mol. The summed E-state index contributed by atoms with van der Waals surface area (Å²) < 4.78 is 5.65. The van der Waals surface area contributed by atoms with Gasteiger partial charge in [0.05, 0.1) is 6.10 Å². The lowest BCUT2D eigenvalue weighted by molar-refractivity contribution is -0.0148. The summed E-state index contributed by atoms with van der Waals surface area (Å²) in [6, 6.07) is 12.2. The predicted octanol–water partition coefficient (Wildman–Crippen LogP) is 2.81. The van der Waals surface area contributed by atoms with Crippen LogP contribution >= 0.6 is 0 Å². The Morgan fingerprint density at radius 3 is 2.76 bits per heavy atom. The first-order valence-electron chi connectivity index (χ1n) is 8.47. The summed E-state index contributed by atoms with van der Waals surface area (Å²) in [4.78, 5) is 2.59. The zero-order chi connectivity index (χ0) is 14.5. The lowest BCUT2D eigenvalue weighted by Crippen LogP contribution is -2.54. The van der Waals surface area contributed by atoms with Crippen molar-refractivity contribution >= 4 is 0 Å². The molecule has 0 aromatic heterocycles. The second kappa shape index (κ2) is 7.39. The van der Waals surface area contributed by atoms with Gasteiger partial charge >= 0.3 is 0 Å². The predicted molar refractivity (Wildman–Crippen MR) is 86.3 cm³/mol. The Bertz CT molecular complexity index is 416. The van der Waals surface area contributed by atoms with Gasteiger partial charge in [-0.1, -0.05) is 30.3 Å². The third kappa shape index (κ3) is 4.29. The van der Waals surface area contributed by atoms with E-state index >= 15 is 0 Å². The van der Waals surface area contributed by atoms with Crippen molar-refractivity contribution in [3.05, 3.63) is 35.9 Å². The maximum Gasteiger partial charge on any atom is 0.0604 e. The second-order valence-corrected chi connectivity index (χ2v) is 6.47. The number of hydrogen-bond acceptors (Lipinski definition) is 3. The van der Waals surface area contributed by atoms with E-state index in [1.807, 2.05) is 0 Å². The van der Waals surface area contributed by atoms with Gasteiger partial charge in [-0.3, -0.25) is 4.90 Å². The highest BCUT2D eigenvalue weighted by Gasteiger charge is 2.32. The molecule has 0 radical (unpaired) electrons. The van der Waals surface area contributed by atoms with Crippen molar-refractivity contribution in [3.63, 3.8) is 0 Å². The Labute approximate surface area is 128 Å². The fourth-order valence-corrected chi connectivity index (χ4v) is 3.58. The minimum absolute atomic E-state index is 0.511. The Balaban J connectivity index is 1.41. The molecule has 1 aliphatic carbocycles. The van der Waals surface area contributed by atoms with Gasteiger partial charge in [-0.25, -0.2) is 0 Å². The average Bonchev–Trinajstić information content (AvgIpc) is 2.47. The zero-order valence-corrected chi connectivity index (χ0v) is 13.1. The van der Waals surface area contributed by atoms with Gasteiger partial charge in [0.25, 0.3) is 0 Å². The molecule has 1 unspecified atom stereocenters. The number of piperidine rings is 1. The highest BCUT2D eigenvalue weighted by atomic mass is 16.5. The molecule has 2 fully saturated rings. The van der Waals surface area contributed by atoms with Crippen LogP contribution in [0.4, 0.5) is 0 Å². The van der Waals surface area contributed by atoms with Gasteiger partial charge in [-0.05, 0) is 44.7 Å². The van der Waals surface area contributed by atoms with E-state index < -0.39 is 0 Å². The molecule has 0 amide bonds. The molecular formula is C18H28N2O. The standard InChI is InChI=1S/C18H28N2O/c1-2-21-18-11-17(12-18)19-16-9-6-10-20(14-16)13-15-7-4-3-5-8-15/h3-5,7-8,16-19H,2,6,9-14H2,1H3. The molecule has 3 rings (SSSR count). The third-order valence-electron chi connectivity index (χ3n) is 4.72. The Kier molecular flexibility index (Phi) is 5.28. The largest absolute Gasteiger partial charge is 0.378 e. The molecule has 1 saturated heterocycles. The van der Waals surface area contributed by atoms with E-state index in [2.05, 4.69) is 47.5 Å². The zero-order valence-electron chi connectivity index (χ0n) is 13.1. The number of nitrogens with zero attached hydrogens (tertiary/aromatic N) is 1. The van der Waals surface area contributed by atoms with Gasteiger partial charge in [0, 0.05) is 31.8 Å². The SMILES string of the molecule is CCOC1CC(NC2CCCN(Cc3ccccc3)C2)C1.